The molecule has 0 amide bonds. The summed E-state index contributed by atoms with van der Waals surface area (Å²) in [6, 6.07) is 14.9. The highest BCUT2D eigenvalue weighted by Gasteiger charge is 2.10. The molecule has 21 heavy (non-hydrogen) atoms. The summed E-state index contributed by atoms with van der Waals surface area (Å²) in [7, 11) is 0. The first-order valence-corrected chi connectivity index (χ1v) is 8.40. The number of hydrogen-bond donors (Lipinski definition) is 1. The lowest BCUT2D eigenvalue weighted by Crippen LogP contribution is -2.33. The molecule has 1 unspecified atom stereocenters. The molecule has 2 aromatic carbocycles. The molecule has 1 N–H and O–H groups in total. The largest absolute Gasteiger partial charge is 0.313 e. The second-order valence-electron chi connectivity index (χ2n) is 4.83. The van der Waals surface area contributed by atoms with E-state index in [1.165, 1.54) is 12.1 Å². The molecule has 4 heteroatoms. The van der Waals surface area contributed by atoms with Crippen LogP contribution in [-0.4, -0.2) is 18.3 Å². The second-order valence-corrected chi connectivity index (χ2v) is 6.30. The van der Waals surface area contributed by atoms with Gasteiger partial charge in [0.05, 0.1) is 5.02 Å². The number of nitrogens with one attached hydrogen (secondary N) is 1. The zero-order valence-corrected chi connectivity index (χ0v) is 13.6. The normalized spacial score (nSPS) is 12.3. The molecule has 0 aliphatic carbocycles. The van der Waals surface area contributed by atoms with Crippen LogP contribution in [-0.2, 0) is 6.42 Å². The van der Waals surface area contributed by atoms with E-state index in [1.807, 2.05) is 36.4 Å². The zero-order valence-electron chi connectivity index (χ0n) is 12.0. The highest BCUT2D eigenvalue weighted by molar-refractivity contribution is 7.99. The van der Waals surface area contributed by atoms with Gasteiger partial charge >= 0.3 is 0 Å². The van der Waals surface area contributed by atoms with Crippen molar-refractivity contribution < 1.29 is 4.39 Å². The Bertz CT molecular complexity index is 559. The molecule has 0 saturated carbocycles. The van der Waals surface area contributed by atoms with Crippen LogP contribution in [0.2, 0.25) is 5.02 Å². The van der Waals surface area contributed by atoms with E-state index in [4.69, 9.17) is 11.6 Å². The summed E-state index contributed by atoms with van der Waals surface area (Å²) in [5.74, 6) is 0.735. The van der Waals surface area contributed by atoms with Gasteiger partial charge in [-0.25, -0.2) is 4.39 Å². The molecule has 112 valence electrons. The minimum atomic E-state index is -0.191. The fraction of sp³-hybridized carbons (Fsp3) is 0.294. The van der Waals surface area contributed by atoms with Gasteiger partial charge in [0.1, 0.15) is 5.82 Å². The lowest BCUT2D eigenvalue weighted by atomic mass is 10.1. The third-order valence-corrected chi connectivity index (χ3v) is 4.84. The molecular weight excluding hydrogens is 305 g/mol. The Hall–Kier alpha value is -1.03. The lowest BCUT2D eigenvalue weighted by Gasteiger charge is -2.18. The van der Waals surface area contributed by atoms with Crippen LogP contribution in [0.5, 0.6) is 0 Å². The van der Waals surface area contributed by atoms with Crippen LogP contribution in [0.25, 0.3) is 0 Å². The Kier molecular flexibility index (Phi) is 6.55. The molecule has 0 aromatic heterocycles. The Labute approximate surface area is 134 Å². The maximum absolute atomic E-state index is 13.0. The van der Waals surface area contributed by atoms with Gasteiger partial charge in [0.2, 0.25) is 0 Å². The number of halogens is 2. The quantitative estimate of drug-likeness (QED) is 0.735. The molecule has 1 nitrogen and oxygen atoms in total. The molecule has 2 aromatic rings. The van der Waals surface area contributed by atoms with Gasteiger partial charge in [-0.2, -0.15) is 0 Å². The maximum atomic E-state index is 13.0. The number of benzene rings is 2. The fourth-order valence-electron chi connectivity index (χ4n) is 2.14. The van der Waals surface area contributed by atoms with Crippen LogP contribution >= 0.6 is 23.4 Å². The van der Waals surface area contributed by atoms with Crippen molar-refractivity contribution in [2.75, 3.05) is 12.3 Å². The van der Waals surface area contributed by atoms with Crippen molar-refractivity contribution >= 4 is 23.4 Å². The minimum absolute atomic E-state index is 0.191. The summed E-state index contributed by atoms with van der Waals surface area (Å²) < 4.78 is 13.0. The summed E-state index contributed by atoms with van der Waals surface area (Å²) in [5.41, 5.74) is 1.14. The summed E-state index contributed by atoms with van der Waals surface area (Å²) in [4.78, 5) is 1.10. The lowest BCUT2D eigenvalue weighted by molar-refractivity contribution is 0.571. The average Bonchev–Trinajstić information content (AvgIpc) is 2.49. The average molecular weight is 324 g/mol. The van der Waals surface area contributed by atoms with Crippen molar-refractivity contribution in [3.8, 4) is 0 Å². The van der Waals surface area contributed by atoms with E-state index in [9.17, 15) is 4.39 Å². The van der Waals surface area contributed by atoms with Crippen molar-refractivity contribution in [1.82, 2.24) is 5.32 Å². The van der Waals surface area contributed by atoms with Gasteiger partial charge in [-0.1, -0.05) is 42.8 Å². The van der Waals surface area contributed by atoms with Crippen molar-refractivity contribution in [3.63, 3.8) is 0 Å². The van der Waals surface area contributed by atoms with Crippen LogP contribution in [0.15, 0.2) is 53.4 Å². The summed E-state index contributed by atoms with van der Waals surface area (Å²) in [5, 5.41) is 4.27. The highest BCUT2D eigenvalue weighted by Crippen LogP contribution is 2.27. The maximum Gasteiger partial charge on any atom is 0.123 e. The first kappa shape index (κ1) is 16.3. The fourth-order valence-corrected chi connectivity index (χ4v) is 3.43. The molecule has 0 saturated heterocycles. The van der Waals surface area contributed by atoms with Crippen LogP contribution in [0.3, 0.4) is 0 Å². The molecule has 0 aliphatic rings. The second kappa shape index (κ2) is 8.42. The molecule has 0 heterocycles. The van der Waals surface area contributed by atoms with E-state index >= 15 is 0 Å². The first-order valence-electron chi connectivity index (χ1n) is 7.04. The van der Waals surface area contributed by atoms with Crippen LogP contribution in [0.1, 0.15) is 12.5 Å². The molecular formula is C17H19ClFNS. The van der Waals surface area contributed by atoms with Crippen LogP contribution < -0.4 is 5.32 Å². The first-order chi connectivity index (χ1) is 10.2. The Balaban J connectivity index is 1.95. The van der Waals surface area contributed by atoms with Crippen molar-refractivity contribution in [2.24, 2.45) is 0 Å². The van der Waals surface area contributed by atoms with Crippen molar-refractivity contribution in [3.05, 3.63) is 64.9 Å². The van der Waals surface area contributed by atoms with Gasteiger partial charge in [0.25, 0.3) is 0 Å². The summed E-state index contributed by atoms with van der Waals surface area (Å²) in [6.07, 6.45) is 0.881. The third kappa shape index (κ3) is 5.34. The summed E-state index contributed by atoms with van der Waals surface area (Å²) in [6.45, 7) is 3.01. The number of hydrogen-bond acceptors (Lipinski definition) is 2. The van der Waals surface area contributed by atoms with Crippen molar-refractivity contribution in [1.29, 1.82) is 0 Å². The van der Waals surface area contributed by atoms with E-state index in [2.05, 4.69) is 12.2 Å². The molecule has 0 bridgehead atoms. The molecule has 1 atom stereocenters. The van der Waals surface area contributed by atoms with Gasteiger partial charge in [-0.05, 0) is 42.8 Å². The predicted octanol–water partition coefficient (Wildman–Crippen LogP) is 4.79. The molecule has 0 fully saturated rings. The van der Waals surface area contributed by atoms with Crippen LogP contribution in [0, 0.1) is 5.82 Å². The standard InChI is InChI=1S/C17H19ClFNS/c1-2-20-15(11-13-7-9-14(19)10-8-13)12-21-17-6-4-3-5-16(17)18/h3-10,15,20H,2,11-12H2,1H3. The Morgan fingerprint density at radius 1 is 1.14 bits per heavy atom. The third-order valence-electron chi connectivity index (χ3n) is 3.16. The highest BCUT2D eigenvalue weighted by atomic mass is 35.5. The van der Waals surface area contributed by atoms with Gasteiger partial charge < -0.3 is 5.32 Å². The minimum Gasteiger partial charge on any atom is -0.313 e. The van der Waals surface area contributed by atoms with Gasteiger partial charge in [0.15, 0.2) is 0 Å². The zero-order chi connectivity index (χ0) is 15.1. The number of thioether (sulfide) groups is 1. The van der Waals surface area contributed by atoms with E-state index in [0.717, 1.165) is 34.2 Å². The molecule has 2 rings (SSSR count). The van der Waals surface area contributed by atoms with E-state index in [-0.39, 0.29) is 5.82 Å². The van der Waals surface area contributed by atoms with Crippen molar-refractivity contribution in [2.45, 2.75) is 24.3 Å². The monoisotopic (exact) mass is 323 g/mol. The van der Waals surface area contributed by atoms with E-state index in [0.29, 0.717) is 6.04 Å². The topological polar surface area (TPSA) is 12.0 Å². The summed E-state index contributed by atoms with van der Waals surface area (Å²) >= 11 is 7.93. The SMILES string of the molecule is CCNC(CSc1ccccc1Cl)Cc1ccc(F)cc1. The molecule has 0 aliphatic heterocycles. The number of rotatable bonds is 7. The molecule has 0 radical (unpaired) electrons. The number of likely N-dealkylation sites (N-methyl/N-ethyl adjacent to an activating group) is 1. The van der Waals surface area contributed by atoms with Gasteiger partial charge in [-0.15, -0.1) is 11.8 Å². The Morgan fingerprint density at radius 3 is 2.52 bits per heavy atom. The Morgan fingerprint density at radius 2 is 1.86 bits per heavy atom. The van der Waals surface area contributed by atoms with E-state index < -0.39 is 0 Å². The van der Waals surface area contributed by atoms with Gasteiger partial charge in [0, 0.05) is 16.7 Å². The van der Waals surface area contributed by atoms with Gasteiger partial charge in [-0.3, -0.25) is 0 Å². The smallest absolute Gasteiger partial charge is 0.123 e. The predicted molar refractivity (Wildman–Crippen MR) is 89.7 cm³/mol. The van der Waals surface area contributed by atoms with Crippen LogP contribution in [0.4, 0.5) is 4.39 Å². The van der Waals surface area contributed by atoms with E-state index in [1.54, 1.807) is 11.8 Å². The molecule has 0 spiro atoms.